The minimum absolute atomic E-state index is 0.127. The van der Waals surface area contributed by atoms with E-state index in [1.807, 2.05) is 4.90 Å². The van der Waals surface area contributed by atoms with E-state index >= 15 is 0 Å². The molecule has 1 aliphatic carbocycles. The summed E-state index contributed by atoms with van der Waals surface area (Å²) in [6.45, 7) is 9.21. The average molecular weight is 293 g/mol. The van der Waals surface area contributed by atoms with Crippen LogP contribution in [0.2, 0.25) is 0 Å². The van der Waals surface area contributed by atoms with Gasteiger partial charge in [0.05, 0.1) is 0 Å². The summed E-state index contributed by atoms with van der Waals surface area (Å²) in [6.07, 6.45) is 6.01. The van der Waals surface area contributed by atoms with Crippen molar-refractivity contribution >= 4 is 5.91 Å². The Labute approximate surface area is 126 Å². The van der Waals surface area contributed by atoms with E-state index in [0.29, 0.717) is 6.04 Å². The molecule has 21 heavy (non-hydrogen) atoms. The molecule has 6 heteroatoms. The van der Waals surface area contributed by atoms with Crippen molar-refractivity contribution in [3.63, 3.8) is 0 Å². The van der Waals surface area contributed by atoms with Crippen molar-refractivity contribution in [3.8, 4) is 0 Å². The van der Waals surface area contributed by atoms with Crippen LogP contribution in [-0.2, 0) is 16.8 Å². The molecule has 0 unspecified atom stereocenters. The van der Waals surface area contributed by atoms with Gasteiger partial charge in [-0.2, -0.15) is 0 Å². The van der Waals surface area contributed by atoms with E-state index in [4.69, 9.17) is 0 Å². The fourth-order valence-electron chi connectivity index (χ4n) is 3.10. The van der Waals surface area contributed by atoms with Gasteiger partial charge in [0.1, 0.15) is 6.54 Å². The highest BCUT2D eigenvalue weighted by atomic mass is 16.2. The van der Waals surface area contributed by atoms with Gasteiger partial charge >= 0.3 is 0 Å². The Morgan fingerprint density at radius 2 is 1.95 bits per heavy atom. The molecule has 0 bridgehead atoms. The highest BCUT2D eigenvalue weighted by Crippen LogP contribution is 2.23. The Morgan fingerprint density at radius 1 is 1.29 bits per heavy atom. The number of tetrazole rings is 1. The van der Waals surface area contributed by atoms with Gasteiger partial charge in [-0.3, -0.25) is 4.79 Å². The van der Waals surface area contributed by atoms with Gasteiger partial charge in [-0.1, -0.05) is 40.0 Å². The molecule has 1 aromatic rings. The predicted octanol–water partition coefficient (Wildman–Crippen LogP) is 2.15. The van der Waals surface area contributed by atoms with Crippen molar-refractivity contribution in [2.45, 2.75) is 77.8 Å². The third kappa shape index (κ3) is 3.80. The zero-order valence-electron chi connectivity index (χ0n) is 13.7. The largest absolute Gasteiger partial charge is 0.338 e. The van der Waals surface area contributed by atoms with Crippen molar-refractivity contribution in [3.05, 3.63) is 5.82 Å². The Morgan fingerprint density at radius 3 is 2.52 bits per heavy atom. The van der Waals surface area contributed by atoms with Crippen molar-refractivity contribution < 1.29 is 4.79 Å². The lowest BCUT2D eigenvalue weighted by Crippen LogP contribution is -2.43. The lowest BCUT2D eigenvalue weighted by Gasteiger charge is -2.33. The van der Waals surface area contributed by atoms with Crippen LogP contribution in [0.3, 0.4) is 0 Å². The van der Waals surface area contributed by atoms with Crippen LogP contribution in [0.5, 0.6) is 0 Å². The number of carbonyl (C=O) groups is 1. The maximum Gasteiger partial charge on any atom is 0.244 e. The van der Waals surface area contributed by atoms with Crippen molar-refractivity contribution in [1.29, 1.82) is 0 Å². The zero-order chi connectivity index (χ0) is 15.5. The monoisotopic (exact) mass is 293 g/mol. The van der Waals surface area contributed by atoms with Crippen molar-refractivity contribution in [2.24, 2.45) is 0 Å². The lowest BCUT2D eigenvalue weighted by atomic mass is 9.94. The van der Waals surface area contributed by atoms with Gasteiger partial charge in [0.2, 0.25) is 5.91 Å². The molecule has 0 radical (unpaired) electrons. The van der Waals surface area contributed by atoms with Crippen molar-refractivity contribution in [1.82, 2.24) is 25.1 Å². The fourth-order valence-corrected chi connectivity index (χ4v) is 3.10. The molecule has 1 aromatic heterocycles. The topological polar surface area (TPSA) is 63.9 Å². The highest BCUT2D eigenvalue weighted by Gasteiger charge is 2.27. The second-order valence-electron chi connectivity index (χ2n) is 6.88. The first-order valence-corrected chi connectivity index (χ1v) is 7.99. The molecular formula is C15H27N5O. The standard InChI is InChI=1S/C15H27N5O/c1-5-19(12-9-7-6-8-10-12)13(21)11-20-14(15(2,3)4)16-17-18-20/h12H,5-11H2,1-4H3. The van der Waals surface area contributed by atoms with E-state index in [1.54, 1.807) is 4.68 Å². The second-order valence-corrected chi connectivity index (χ2v) is 6.88. The van der Waals surface area contributed by atoms with Crippen LogP contribution in [0.15, 0.2) is 0 Å². The molecule has 1 saturated carbocycles. The number of rotatable bonds is 4. The first kappa shape index (κ1) is 15.9. The molecule has 1 fully saturated rings. The predicted molar refractivity (Wildman–Crippen MR) is 80.8 cm³/mol. The van der Waals surface area contributed by atoms with Gasteiger partial charge in [0.25, 0.3) is 0 Å². The molecule has 0 aromatic carbocycles. The quantitative estimate of drug-likeness (QED) is 0.853. The summed E-state index contributed by atoms with van der Waals surface area (Å²) >= 11 is 0. The van der Waals surface area contributed by atoms with Crippen molar-refractivity contribution in [2.75, 3.05) is 6.54 Å². The summed E-state index contributed by atoms with van der Waals surface area (Å²) in [5.41, 5.74) is -0.161. The highest BCUT2D eigenvalue weighted by molar-refractivity contribution is 5.76. The summed E-state index contributed by atoms with van der Waals surface area (Å²) in [6, 6.07) is 0.394. The molecule has 0 aliphatic heterocycles. The number of amides is 1. The molecule has 1 amide bonds. The first-order valence-electron chi connectivity index (χ1n) is 7.99. The molecule has 1 heterocycles. The van der Waals surface area contributed by atoms with Gasteiger partial charge in [-0.05, 0) is 30.2 Å². The maximum atomic E-state index is 12.6. The molecule has 118 valence electrons. The molecule has 0 saturated heterocycles. The van der Waals surface area contributed by atoms with E-state index in [9.17, 15) is 4.79 Å². The maximum absolute atomic E-state index is 12.6. The smallest absolute Gasteiger partial charge is 0.244 e. The van der Waals surface area contributed by atoms with Crippen LogP contribution >= 0.6 is 0 Å². The summed E-state index contributed by atoms with van der Waals surface area (Å²) in [5.74, 6) is 0.887. The second kappa shape index (κ2) is 6.54. The summed E-state index contributed by atoms with van der Waals surface area (Å²) < 4.78 is 1.65. The lowest BCUT2D eigenvalue weighted by molar-refractivity contribution is -0.134. The normalized spacial score (nSPS) is 17.0. The van der Waals surface area contributed by atoms with Gasteiger partial charge in [-0.25, -0.2) is 4.68 Å². The minimum atomic E-state index is -0.161. The van der Waals surface area contributed by atoms with E-state index in [0.717, 1.165) is 25.2 Å². The van der Waals surface area contributed by atoms with E-state index in [2.05, 4.69) is 43.2 Å². The van der Waals surface area contributed by atoms with Crippen LogP contribution in [-0.4, -0.2) is 43.6 Å². The minimum Gasteiger partial charge on any atom is -0.338 e. The number of hydrogen-bond donors (Lipinski definition) is 0. The number of hydrogen-bond acceptors (Lipinski definition) is 4. The van der Waals surface area contributed by atoms with Gasteiger partial charge in [-0.15, -0.1) is 5.10 Å². The molecule has 0 atom stereocenters. The molecule has 2 rings (SSSR count). The van der Waals surface area contributed by atoms with E-state index < -0.39 is 0 Å². The number of aromatic nitrogens is 4. The van der Waals surface area contributed by atoms with Crippen LogP contribution in [0.1, 0.15) is 65.6 Å². The first-order chi connectivity index (χ1) is 9.93. The Bertz CT molecular complexity index is 471. The Kier molecular flexibility index (Phi) is 4.96. The molecule has 6 nitrogen and oxygen atoms in total. The number of likely N-dealkylation sites (N-methyl/N-ethyl adjacent to an activating group) is 1. The third-order valence-corrected chi connectivity index (χ3v) is 4.16. The van der Waals surface area contributed by atoms with Gasteiger partial charge in [0.15, 0.2) is 5.82 Å². The zero-order valence-corrected chi connectivity index (χ0v) is 13.7. The Balaban J connectivity index is 2.07. The van der Waals surface area contributed by atoms with E-state index in [1.165, 1.54) is 19.3 Å². The van der Waals surface area contributed by atoms with Crippen LogP contribution in [0.4, 0.5) is 0 Å². The van der Waals surface area contributed by atoms with E-state index in [-0.39, 0.29) is 17.9 Å². The van der Waals surface area contributed by atoms with Crippen LogP contribution < -0.4 is 0 Å². The summed E-state index contributed by atoms with van der Waals surface area (Å²) in [5, 5.41) is 11.8. The number of nitrogens with zero attached hydrogens (tertiary/aromatic N) is 5. The fraction of sp³-hybridized carbons (Fsp3) is 0.867. The van der Waals surface area contributed by atoms with Crippen LogP contribution in [0.25, 0.3) is 0 Å². The van der Waals surface area contributed by atoms with Gasteiger partial charge in [0, 0.05) is 18.0 Å². The number of carbonyl (C=O) groups excluding carboxylic acids is 1. The SMILES string of the molecule is CCN(C(=O)Cn1nnnc1C(C)(C)C)C1CCCCC1. The molecular weight excluding hydrogens is 266 g/mol. The molecule has 1 aliphatic rings. The Hall–Kier alpha value is -1.46. The summed E-state index contributed by atoms with van der Waals surface area (Å²) in [7, 11) is 0. The summed E-state index contributed by atoms with van der Waals surface area (Å²) in [4.78, 5) is 14.6. The average Bonchev–Trinajstić information content (AvgIpc) is 2.89. The third-order valence-electron chi connectivity index (χ3n) is 4.16. The van der Waals surface area contributed by atoms with Gasteiger partial charge < -0.3 is 4.90 Å². The molecule has 0 N–H and O–H groups in total. The molecule has 0 spiro atoms. The van der Waals surface area contributed by atoms with Crippen LogP contribution in [0, 0.1) is 0 Å².